The third kappa shape index (κ3) is 2.79. The van der Waals surface area contributed by atoms with Crippen LogP contribution in [0.5, 0.6) is 0 Å². The molecule has 94 valence electrons. The fourth-order valence-corrected chi connectivity index (χ4v) is 3.91. The van der Waals surface area contributed by atoms with Gasteiger partial charge in [-0.2, -0.15) is 0 Å². The highest BCUT2D eigenvalue weighted by Crippen LogP contribution is 2.22. The maximum Gasteiger partial charge on any atom is 0.235 e. The lowest BCUT2D eigenvalue weighted by Gasteiger charge is -2.32. The molecule has 5 heteroatoms. The number of para-hydroxylation sites is 1. The molecule has 1 aliphatic heterocycles. The van der Waals surface area contributed by atoms with E-state index in [1.54, 1.807) is 4.31 Å². The molecule has 2 rings (SSSR count). The van der Waals surface area contributed by atoms with E-state index in [9.17, 15) is 8.42 Å². The number of hydrogen-bond acceptors (Lipinski definition) is 3. The molecule has 4 nitrogen and oxygen atoms in total. The van der Waals surface area contributed by atoms with Crippen LogP contribution in [0.2, 0.25) is 0 Å². The third-order valence-corrected chi connectivity index (χ3v) is 4.88. The molecule has 1 atom stereocenters. The number of benzene rings is 1. The van der Waals surface area contributed by atoms with Gasteiger partial charge in [-0.05, 0) is 32.0 Å². The van der Waals surface area contributed by atoms with Crippen molar-refractivity contribution in [3.63, 3.8) is 0 Å². The molecule has 1 unspecified atom stereocenters. The minimum absolute atomic E-state index is 0.0531. The zero-order chi connectivity index (χ0) is 12.3. The first-order chi connectivity index (χ1) is 8.11. The minimum Gasteiger partial charge on any atom is -0.315 e. The van der Waals surface area contributed by atoms with Crippen LogP contribution in [0.3, 0.4) is 0 Å². The Morgan fingerprint density at radius 3 is 2.71 bits per heavy atom. The Kier molecular flexibility index (Phi) is 3.69. The van der Waals surface area contributed by atoms with E-state index in [1.165, 1.54) is 0 Å². The molecule has 1 aromatic carbocycles. The van der Waals surface area contributed by atoms with Crippen LogP contribution in [0.15, 0.2) is 30.3 Å². The predicted molar refractivity (Wildman–Crippen MR) is 69.7 cm³/mol. The van der Waals surface area contributed by atoms with Crippen molar-refractivity contribution < 1.29 is 8.42 Å². The van der Waals surface area contributed by atoms with E-state index >= 15 is 0 Å². The number of rotatable bonds is 1. The normalized spacial score (nSPS) is 25.0. The van der Waals surface area contributed by atoms with Crippen molar-refractivity contribution in [3.05, 3.63) is 30.3 Å². The van der Waals surface area contributed by atoms with Crippen LogP contribution in [-0.2, 0) is 10.0 Å². The maximum absolute atomic E-state index is 12.3. The summed E-state index contributed by atoms with van der Waals surface area (Å²) in [5.74, 6) is 0.208. The van der Waals surface area contributed by atoms with Gasteiger partial charge in [0.05, 0.1) is 17.5 Å². The van der Waals surface area contributed by atoms with Crippen molar-refractivity contribution in [3.8, 4) is 0 Å². The lowest BCUT2D eigenvalue weighted by atomic mass is 10.2. The number of anilines is 1. The molecule has 0 saturated carbocycles. The van der Waals surface area contributed by atoms with Gasteiger partial charge in [-0.1, -0.05) is 18.2 Å². The Labute approximate surface area is 103 Å². The van der Waals surface area contributed by atoms with Gasteiger partial charge in [-0.25, -0.2) is 8.42 Å². The Hall–Kier alpha value is -1.07. The van der Waals surface area contributed by atoms with Crippen molar-refractivity contribution in [2.24, 2.45) is 0 Å². The summed E-state index contributed by atoms with van der Waals surface area (Å²) in [4.78, 5) is 0. The van der Waals surface area contributed by atoms with Gasteiger partial charge < -0.3 is 5.32 Å². The van der Waals surface area contributed by atoms with Crippen molar-refractivity contribution in [1.29, 1.82) is 0 Å². The third-order valence-electron chi connectivity index (χ3n) is 2.91. The van der Waals surface area contributed by atoms with Crippen LogP contribution < -0.4 is 9.62 Å². The number of hydrogen-bond donors (Lipinski definition) is 1. The average Bonchev–Trinajstić information content (AvgIpc) is 2.28. The molecule has 17 heavy (non-hydrogen) atoms. The van der Waals surface area contributed by atoms with Crippen molar-refractivity contribution in [1.82, 2.24) is 5.32 Å². The first kappa shape index (κ1) is 12.4. The van der Waals surface area contributed by atoms with Gasteiger partial charge in [0.15, 0.2) is 0 Å². The fourth-order valence-electron chi connectivity index (χ4n) is 2.14. The smallest absolute Gasteiger partial charge is 0.235 e. The van der Waals surface area contributed by atoms with Crippen LogP contribution in [0.4, 0.5) is 5.69 Å². The molecule has 1 aromatic rings. The summed E-state index contributed by atoms with van der Waals surface area (Å²) >= 11 is 0. The molecular weight excluding hydrogens is 236 g/mol. The molecule has 1 saturated heterocycles. The van der Waals surface area contributed by atoms with Crippen LogP contribution in [0, 0.1) is 0 Å². The second kappa shape index (κ2) is 5.06. The summed E-state index contributed by atoms with van der Waals surface area (Å²) in [5, 5.41) is 3.27. The molecule has 0 aromatic heterocycles. The Bertz CT molecular complexity index is 459. The largest absolute Gasteiger partial charge is 0.315 e. The zero-order valence-corrected chi connectivity index (χ0v) is 10.8. The SMILES string of the molecule is CC1CNCCCS(=O)(=O)N1c1ccccc1. The standard InChI is InChI=1S/C12H18N2O2S/c1-11-10-13-8-5-9-17(15,16)14(11)12-6-3-2-4-7-12/h2-4,6-7,11,13H,5,8-10H2,1H3. The van der Waals surface area contributed by atoms with Crippen LogP contribution in [0.25, 0.3) is 0 Å². The Balaban J connectivity index is 2.38. The van der Waals surface area contributed by atoms with E-state index in [4.69, 9.17) is 0 Å². The quantitative estimate of drug-likeness (QED) is 0.819. The van der Waals surface area contributed by atoms with Gasteiger partial charge in [-0.15, -0.1) is 0 Å². The van der Waals surface area contributed by atoms with Crippen LogP contribution in [-0.4, -0.2) is 33.3 Å². The van der Waals surface area contributed by atoms with Crippen molar-refractivity contribution in [2.75, 3.05) is 23.1 Å². The average molecular weight is 254 g/mol. The van der Waals surface area contributed by atoms with Gasteiger partial charge in [0, 0.05) is 6.54 Å². The highest BCUT2D eigenvalue weighted by atomic mass is 32.2. The lowest BCUT2D eigenvalue weighted by Crippen LogP contribution is -2.47. The topological polar surface area (TPSA) is 49.4 Å². The summed E-state index contributed by atoms with van der Waals surface area (Å²) in [6, 6.07) is 9.25. The Morgan fingerprint density at radius 2 is 2.00 bits per heavy atom. The molecule has 1 fully saturated rings. The minimum atomic E-state index is -3.19. The number of nitrogens with one attached hydrogen (secondary N) is 1. The van der Waals surface area contributed by atoms with Crippen molar-refractivity contribution >= 4 is 15.7 Å². The molecule has 0 spiro atoms. The van der Waals surface area contributed by atoms with Crippen LogP contribution in [0.1, 0.15) is 13.3 Å². The second-order valence-corrected chi connectivity index (χ2v) is 6.32. The maximum atomic E-state index is 12.3. The molecule has 0 amide bonds. The van der Waals surface area contributed by atoms with E-state index in [2.05, 4.69) is 5.32 Å². The molecule has 0 aliphatic carbocycles. The summed E-state index contributed by atoms with van der Waals surface area (Å²) < 4.78 is 26.1. The van der Waals surface area contributed by atoms with Gasteiger partial charge in [0.2, 0.25) is 10.0 Å². The molecule has 1 N–H and O–H groups in total. The van der Waals surface area contributed by atoms with E-state index in [-0.39, 0.29) is 11.8 Å². The van der Waals surface area contributed by atoms with E-state index in [0.29, 0.717) is 13.0 Å². The molecule has 1 aliphatic rings. The van der Waals surface area contributed by atoms with E-state index in [0.717, 1.165) is 12.2 Å². The highest BCUT2D eigenvalue weighted by molar-refractivity contribution is 7.92. The molecule has 1 heterocycles. The predicted octanol–water partition coefficient (Wildman–Crippen LogP) is 1.20. The summed E-state index contributed by atoms with van der Waals surface area (Å²) in [6.07, 6.45) is 0.665. The van der Waals surface area contributed by atoms with E-state index in [1.807, 2.05) is 37.3 Å². The second-order valence-electron chi connectivity index (χ2n) is 4.35. The summed E-state index contributed by atoms with van der Waals surface area (Å²) in [6.45, 7) is 3.39. The highest BCUT2D eigenvalue weighted by Gasteiger charge is 2.28. The lowest BCUT2D eigenvalue weighted by molar-refractivity contribution is 0.542. The first-order valence-corrected chi connectivity index (χ1v) is 7.50. The molecule has 0 bridgehead atoms. The van der Waals surface area contributed by atoms with E-state index < -0.39 is 10.0 Å². The fraction of sp³-hybridized carbons (Fsp3) is 0.500. The van der Waals surface area contributed by atoms with Gasteiger partial charge in [-0.3, -0.25) is 4.31 Å². The van der Waals surface area contributed by atoms with Crippen LogP contribution >= 0.6 is 0 Å². The van der Waals surface area contributed by atoms with Gasteiger partial charge >= 0.3 is 0 Å². The Morgan fingerprint density at radius 1 is 1.29 bits per heavy atom. The van der Waals surface area contributed by atoms with Gasteiger partial charge in [0.25, 0.3) is 0 Å². The number of sulfonamides is 1. The summed E-state index contributed by atoms with van der Waals surface area (Å²) in [7, 11) is -3.19. The number of nitrogens with zero attached hydrogens (tertiary/aromatic N) is 1. The first-order valence-electron chi connectivity index (χ1n) is 5.89. The monoisotopic (exact) mass is 254 g/mol. The van der Waals surface area contributed by atoms with Crippen molar-refractivity contribution in [2.45, 2.75) is 19.4 Å². The van der Waals surface area contributed by atoms with Gasteiger partial charge in [0.1, 0.15) is 0 Å². The molecule has 0 radical (unpaired) electrons. The summed E-state index contributed by atoms with van der Waals surface area (Å²) in [5.41, 5.74) is 0.753. The zero-order valence-electron chi connectivity index (χ0n) is 9.96. The molecular formula is C12H18N2O2S.